The van der Waals surface area contributed by atoms with Gasteiger partial charge in [0.05, 0.1) is 19.8 Å². The summed E-state index contributed by atoms with van der Waals surface area (Å²) in [7, 11) is 0. The molecule has 1 aromatic rings. The fourth-order valence-electron chi connectivity index (χ4n) is 3.57. The highest BCUT2D eigenvalue weighted by Crippen LogP contribution is 2.20. The predicted molar refractivity (Wildman–Crippen MR) is 94.7 cm³/mol. The topological polar surface area (TPSA) is 44.8 Å². The number of hydrogen-bond acceptors (Lipinski definition) is 4. The number of rotatable bonds is 7. The monoisotopic (exact) mass is 331 g/mol. The van der Waals surface area contributed by atoms with Crippen molar-refractivity contribution < 1.29 is 9.53 Å². The maximum atomic E-state index is 12.0. The summed E-state index contributed by atoms with van der Waals surface area (Å²) in [5.41, 5.74) is 1.39. The van der Waals surface area contributed by atoms with Crippen molar-refractivity contribution in [3.8, 4) is 0 Å². The van der Waals surface area contributed by atoms with Crippen molar-refractivity contribution in [2.24, 2.45) is 5.92 Å². The highest BCUT2D eigenvalue weighted by molar-refractivity contribution is 5.77. The Morgan fingerprint density at radius 3 is 2.71 bits per heavy atom. The van der Waals surface area contributed by atoms with E-state index < -0.39 is 0 Å². The molecule has 24 heavy (non-hydrogen) atoms. The molecule has 2 aliphatic heterocycles. The zero-order chi connectivity index (χ0) is 16.6. The molecule has 1 amide bonds. The maximum absolute atomic E-state index is 12.0. The number of amides is 1. The van der Waals surface area contributed by atoms with Crippen LogP contribution >= 0.6 is 0 Å². The van der Waals surface area contributed by atoms with Crippen LogP contribution in [-0.4, -0.2) is 68.2 Å². The molecule has 0 bridgehead atoms. The second-order valence-corrected chi connectivity index (χ2v) is 6.90. The van der Waals surface area contributed by atoms with Crippen LogP contribution in [0.2, 0.25) is 0 Å². The number of nitrogens with zero attached hydrogens (tertiary/aromatic N) is 2. The smallest absolute Gasteiger partial charge is 0.234 e. The number of nitrogens with one attached hydrogen (secondary N) is 1. The van der Waals surface area contributed by atoms with E-state index in [4.69, 9.17) is 4.74 Å². The molecular weight excluding hydrogens is 302 g/mol. The number of likely N-dealkylation sites (tertiary alicyclic amines) is 1. The third-order valence-electron chi connectivity index (χ3n) is 4.96. The van der Waals surface area contributed by atoms with Gasteiger partial charge in [-0.2, -0.15) is 0 Å². The summed E-state index contributed by atoms with van der Waals surface area (Å²) in [5, 5.41) is 3.08. The Morgan fingerprint density at radius 1 is 1.12 bits per heavy atom. The number of carbonyl (C=O) groups excluding carboxylic acids is 1. The number of hydrogen-bond donors (Lipinski definition) is 1. The summed E-state index contributed by atoms with van der Waals surface area (Å²) in [6.45, 7) is 7.88. The van der Waals surface area contributed by atoms with Crippen LogP contribution in [0.1, 0.15) is 18.4 Å². The minimum absolute atomic E-state index is 0.149. The first-order chi connectivity index (χ1) is 11.8. The van der Waals surface area contributed by atoms with E-state index in [1.165, 1.54) is 18.5 Å². The number of benzene rings is 1. The fraction of sp³-hybridized carbons (Fsp3) is 0.632. The number of morpholine rings is 1. The lowest BCUT2D eigenvalue weighted by Crippen LogP contribution is -2.43. The van der Waals surface area contributed by atoms with E-state index in [1.54, 1.807) is 0 Å². The molecule has 3 rings (SSSR count). The van der Waals surface area contributed by atoms with E-state index in [0.29, 0.717) is 12.5 Å². The van der Waals surface area contributed by atoms with Crippen LogP contribution in [0.5, 0.6) is 0 Å². The Bertz CT molecular complexity index is 503. The molecule has 2 aliphatic rings. The molecule has 132 valence electrons. The van der Waals surface area contributed by atoms with Crippen LogP contribution in [0.15, 0.2) is 30.3 Å². The number of ether oxygens (including phenoxy) is 1. The zero-order valence-corrected chi connectivity index (χ0v) is 14.5. The van der Waals surface area contributed by atoms with Crippen LogP contribution in [-0.2, 0) is 16.1 Å². The minimum Gasteiger partial charge on any atom is -0.379 e. The molecule has 0 aromatic heterocycles. The van der Waals surface area contributed by atoms with E-state index >= 15 is 0 Å². The van der Waals surface area contributed by atoms with Crippen LogP contribution in [0.4, 0.5) is 0 Å². The van der Waals surface area contributed by atoms with E-state index in [9.17, 15) is 4.79 Å². The van der Waals surface area contributed by atoms with Crippen LogP contribution in [0.3, 0.4) is 0 Å². The summed E-state index contributed by atoms with van der Waals surface area (Å²) >= 11 is 0. The van der Waals surface area contributed by atoms with E-state index in [2.05, 4.69) is 45.4 Å². The summed E-state index contributed by atoms with van der Waals surface area (Å²) in [4.78, 5) is 16.7. The average molecular weight is 331 g/mol. The predicted octanol–water partition coefficient (Wildman–Crippen LogP) is 1.35. The first-order valence-corrected chi connectivity index (χ1v) is 9.12. The van der Waals surface area contributed by atoms with Gasteiger partial charge in [0.15, 0.2) is 0 Å². The Hall–Kier alpha value is -1.43. The molecule has 2 heterocycles. The molecule has 1 N–H and O–H groups in total. The molecule has 0 unspecified atom stereocenters. The highest BCUT2D eigenvalue weighted by atomic mass is 16.5. The van der Waals surface area contributed by atoms with Gasteiger partial charge in [0, 0.05) is 32.7 Å². The van der Waals surface area contributed by atoms with Crippen molar-refractivity contribution in [3.63, 3.8) is 0 Å². The van der Waals surface area contributed by atoms with Gasteiger partial charge in [0.25, 0.3) is 0 Å². The van der Waals surface area contributed by atoms with Gasteiger partial charge in [-0.05, 0) is 30.9 Å². The Morgan fingerprint density at radius 2 is 1.92 bits per heavy atom. The van der Waals surface area contributed by atoms with E-state index in [-0.39, 0.29) is 5.91 Å². The standard InChI is InChI=1S/C19H29N3O2/c23-19(16-21-10-12-24-13-11-21)20-8-6-18-7-9-22(15-18)14-17-4-2-1-3-5-17/h1-5,18H,6-16H2,(H,20,23)/t18-/m1/s1. The van der Waals surface area contributed by atoms with Gasteiger partial charge in [-0.1, -0.05) is 30.3 Å². The lowest BCUT2D eigenvalue weighted by Gasteiger charge is -2.25. The third-order valence-corrected chi connectivity index (χ3v) is 4.96. The van der Waals surface area contributed by atoms with E-state index in [0.717, 1.165) is 52.4 Å². The van der Waals surface area contributed by atoms with Gasteiger partial charge in [-0.3, -0.25) is 14.6 Å². The van der Waals surface area contributed by atoms with Gasteiger partial charge >= 0.3 is 0 Å². The lowest BCUT2D eigenvalue weighted by atomic mass is 10.1. The highest BCUT2D eigenvalue weighted by Gasteiger charge is 2.22. The average Bonchev–Trinajstić information content (AvgIpc) is 3.04. The second-order valence-electron chi connectivity index (χ2n) is 6.90. The Kier molecular flexibility index (Phi) is 6.64. The largest absolute Gasteiger partial charge is 0.379 e. The first kappa shape index (κ1) is 17.4. The summed E-state index contributed by atoms with van der Waals surface area (Å²) < 4.78 is 5.30. The van der Waals surface area contributed by atoms with Crippen molar-refractivity contribution in [1.29, 1.82) is 0 Å². The van der Waals surface area contributed by atoms with Crippen molar-refractivity contribution in [3.05, 3.63) is 35.9 Å². The zero-order valence-electron chi connectivity index (χ0n) is 14.5. The molecule has 0 radical (unpaired) electrons. The van der Waals surface area contributed by atoms with Crippen LogP contribution < -0.4 is 5.32 Å². The first-order valence-electron chi connectivity index (χ1n) is 9.12. The molecule has 0 spiro atoms. The molecule has 5 nitrogen and oxygen atoms in total. The van der Waals surface area contributed by atoms with Crippen molar-refractivity contribution in [1.82, 2.24) is 15.1 Å². The molecule has 2 fully saturated rings. The molecular formula is C19H29N3O2. The van der Waals surface area contributed by atoms with E-state index in [1.807, 2.05) is 0 Å². The van der Waals surface area contributed by atoms with Gasteiger partial charge in [0.1, 0.15) is 0 Å². The van der Waals surface area contributed by atoms with Crippen LogP contribution in [0, 0.1) is 5.92 Å². The molecule has 0 saturated carbocycles. The Labute approximate surface area is 145 Å². The quantitative estimate of drug-likeness (QED) is 0.819. The lowest BCUT2D eigenvalue weighted by molar-refractivity contribution is -0.123. The van der Waals surface area contributed by atoms with Crippen molar-refractivity contribution in [2.75, 3.05) is 52.5 Å². The van der Waals surface area contributed by atoms with Crippen LogP contribution in [0.25, 0.3) is 0 Å². The summed E-state index contributed by atoms with van der Waals surface area (Å²) in [5.74, 6) is 0.855. The Balaban J connectivity index is 1.29. The molecule has 2 saturated heterocycles. The minimum atomic E-state index is 0.149. The van der Waals surface area contributed by atoms with Gasteiger partial charge < -0.3 is 10.1 Å². The van der Waals surface area contributed by atoms with Gasteiger partial charge in [-0.25, -0.2) is 0 Å². The molecule has 1 aromatic carbocycles. The number of carbonyl (C=O) groups is 1. The normalized spacial score (nSPS) is 22.6. The third kappa shape index (κ3) is 5.58. The van der Waals surface area contributed by atoms with Gasteiger partial charge in [0.2, 0.25) is 5.91 Å². The SMILES string of the molecule is O=C(CN1CCOCC1)NCC[C@@H]1CCN(Cc2ccccc2)C1. The molecule has 0 aliphatic carbocycles. The summed E-state index contributed by atoms with van der Waals surface area (Å²) in [6.07, 6.45) is 2.33. The van der Waals surface area contributed by atoms with Crippen molar-refractivity contribution >= 4 is 5.91 Å². The maximum Gasteiger partial charge on any atom is 0.234 e. The fourth-order valence-corrected chi connectivity index (χ4v) is 3.57. The van der Waals surface area contributed by atoms with Crippen molar-refractivity contribution in [2.45, 2.75) is 19.4 Å². The summed E-state index contributed by atoms with van der Waals surface area (Å²) in [6, 6.07) is 10.7. The second kappa shape index (κ2) is 9.16. The molecule has 1 atom stereocenters. The van der Waals surface area contributed by atoms with Gasteiger partial charge in [-0.15, -0.1) is 0 Å². The molecule has 5 heteroatoms.